The van der Waals surface area contributed by atoms with E-state index in [0.717, 1.165) is 28.6 Å². The molecule has 3 aromatic rings. The molecule has 0 fully saturated rings. The number of rotatable bonds is 8. The molecular weight excluding hydrogens is 396 g/mol. The van der Waals surface area contributed by atoms with Crippen molar-refractivity contribution in [3.63, 3.8) is 0 Å². The van der Waals surface area contributed by atoms with Gasteiger partial charge in [-0.2, -0.15) is 0 Å². The van der Waals surface area contributed by atoms with E-state index in [1.807, 2.05) is 24.3 Å². The quantitative estimate of drug-likeness (QED) is 0.339. The number of aromatic nitrogens is 4. The van der Waals surface area contributed by atoms with E-state index in [4.69, 9.17) is 4.74 Å². The first-order chi connectivity index (χ1) is 14.0. The lowest BCUT2D eigenvalue weighted by Crippen LogP contribution is -2.16. The largest absolute Gasteiger partial charge is 0.497 e. The zero-order chi connectivity index (χ0) is 20.8. The zero-order valence-electron chi connectivity index (χ0n) is 15.7. The lowest BCUT2D eigenvalue weighted by molar-refractivity contribution is -0.384. The van der Waals surface area contributed by atoms with E-state index in [1.165, 1.54) is 12.1 Å². The molecule has 11 heteroatoms. The van der Waals surface area contributed by atoms with Crippen LogP contribution in [0.1, 0.15) is 11.1 Å². The number of thioether (sulfide) groups is 1. The SMILES string of the molecule is COc1ccc(Cn2nnnc2SCC(=O)Nc2ccc(C)cc2[N+](=O)[O-])cc1. The molecule has 1 aromatic heterocycles. The van der Waals surface area contributed by atoms with E-state index < -0.39 is 4.92 Å². The number of nitro groups is 1. The Balaban J connectivity index is 1.61. The molecule has 2 aromatic carbocycles. The third-order valence-electron chi connectivity index (χ3n) is 3.95. The van der Waals surface area contributed by atoms with E-state index in [2.05, 4.69) is 20.8 Å². The molecule has 1 N–H and O–H groups in total. The van der Waals surface area contributed by atoms with Crippen LogP contribution in [0, 0.1) is 17.0 Å². The maximum Gasteiger partial charge on any atom is 0.293 e. The number of methoxy groups -OCH3 is 1. The van der Waals surface area contributed by atoms with Gasteiger partial charge in [0, 0.05) is 6.07 Å². The smallest absolute Gasteiger partial charge is 0.293 e. The van der Waals surface area contributed by atoms with Crippen LogP contribution in [0.5, 0.6) is 5.75 Å². The van der Waals surface area contributed by atoms with Crippen LogP contribution in [-0.4, -0.2) is 43.9 Å². The van der Waals surface area contributed by atoms with Crippen LogP contribution in [-0.2, 0) is 11.3 Å². The number of carbonyl (C=O) groups is 1. The number of amides is 1. The van der Waals surface area contributed by atoms with Gasteiger partial charge in [-0.05, 0) is 46.7 Å². The predicted molar refractivity (Wildman–Crippen MR) is 107 cm³/mol. The van der Waals surface area contributed by atoms with Crippen molar-refractivity contribution in [2.75, 3.05) is 18.2 Å². The Morgan fingerprint density at radius 2 is 2.03 bits per heavy atom. The van der Waals surface area contributed by atoms with Crippen molar-refractivity contribution < 1.29 is 14.5 Å². The Morgan fingerprint density at radius 1 is 1.28 bits per heavy atom. The van der Waals surface area contributed by atoms with Gasteiger partial charge in [0.25, 0.3) is 5.69 Å². The van der Waals surface area contributed by atoms with E-state index in [-0.39, 0.29) is 23.0 Å². The highest BCUT2D eigenvalue weighted by molar-refractivity contribution is 7.99. The average molecular weight is 414 g/mol. The van der Waals surface area contributed by atoms with Crippen molar-refractivity contribution in [1.82, 2.24) is 20.2 Å². The van der Waals surface area contributed by atoms with Crippen LogP contribution in [0.15, 0.2) is 47.6 Å². The van der Waals surface area contributed by atoms with Gasteiger partial charge in [-0.15, -0.1) is 5.10 Å². The lowest BCUT2D eigenvalue weighted by Gasteiger charge is -2.07. The summed E-state index contributed by atoms with van der Waals surface area (Å²) in [4.78, 5) is 22.9. The van der Waals surface area contributed by atoms with Gasteiger partial charge in [-0.3, -0.25) is 14.9 Å². The molecule has 29 heavy (non-hydrogen) atoms. The molecule has 0 aliphatic carbocycles. The normalized spacial score (nSPS) is 10.6. The summed E-state index contributed by atoms with van der Waals surface area (Å²) in [5, 5.41) is 25.7. The predicted octanol–water partition coefficient (Wildman–Crippen LogP) is 2.68. The number of anilines is 1. The fraction of sp³-hybridized carbons (Fsp3) is 0.222. The molecule has 1 heterocycles. The molecule has 0 radical (unpaired) electrons. The summed E-state index contributed by atoms with van der Waals surface area (Å²) in [6.45, 7) is 2.18. The molecule has 150 valence electrons. The van der Waals surface area contributed by atoms with Crippen molar-refractivity contribution in [3.8, 4) is 5.75 Å². The summed E-state index contributed by atoms with van der Waals surface area (Å²) in [5.41, 5.74) is 1.72. The van der Waals surface area contributed by atoms with E-state index in [1.54, 1.807) is 24.8 Å². The Kier molecular flexibility index (Phi) is 6.39. The number of nitro benzene ring substituents is 1. The Hall–Kier alpha value is -3.47. The Labute approximate surface area is 170 Å². The van der Waals surface area contributed by atoms with Crippen LogP contribution in [0.2, 0.25) is 0 Å². The summed E-state index contributed by atoms with van der Waals surface area (Å²) in [7, 11) is 1.60. The van der Waals surface area contributed by atoms with Gasteiger partial charge >= 0.3 is 0 Å². The third-order valence-corrected chi connectivity index (χ3v) is 4.90. The molecule has 10 nitrogen and oxygen atoms in total. The van der Waals surface area contributed by atoms with Gasteiger partial charge in [-0.1, -0.05) is 30.0 Å². The second-order valence-corrected chi connectivity index (χ2v) is 7.02. The van der Waals surface area contributed by atoms with Gasteiger partial charge in [0.2, 0.25) is 11.1 Å². The van der Waals surface area contributed by atoms with Gasteiger partial charge in [-0.25, -0.2) is 4.68 Å². The minimum atomic E-state index is -0.523. The van der Waals surface area contributed by atoms with Crippen molar-refractivity contribution in [3.05, 3.63) is 63.7 Å². The first-order valence-corrected chi connectivity index (χ1v) is 9.51. The van der Waals surface area contributed by atoms with Crippen molar-refractivity contribution in [2.24, 2.45) is 0 Å². The van der Waals surface area contributed by atoms with Crippen molar-refractivity contribution in [2.45, 2.75) is 18.6 Å². The summed E-state index contributed by atoms with van der Waals surface area (Å²) in [5.74, 6) is 0.372. The first-order valence-electron chi connectivity index (χ1n) is 8.53. The number of hydrogen-bond acceptors (Lipinski definition) is 8. The van der Waals surface area contributed by atoms with Gasteiger partial charge in [0.1, 0.15) is 11.4 Å². The molecule has 0 atom stereocenters. The van der Waals surface area contributed by atoms with E-state index >= 15 is 0 Å². The molecule has 0 bridgehead atoms. The van der Waals surface area contributed by atoms with Crippen LogP contribution < -0.4 is 10.1 Å². The van der Waals surface area contributed by atoms with Crippen LogP contribution in [0.25, 0.3) is 0 Å². The maximum absolute atomic E-state index is 12.3. The Bertz CT molecular complexity index is 1020. The van der Waals surface area contributed by atoms with E-state index in [9.17, 15) is 14.9 Å². The summed E-state index contributed by atoms with van der Waals surface area (Å²) < 4.78 is 6.71. The first kappa shape index (κ1) is 20.3. The number of nitrogens with zero attached hydrogens (tertiary/aromatic N) is 5. The highest BCUT2D eigenvalue weighted by atomic mass is 32.2. The number of nitrogens with one attached hydrogen (secondary N) is 1. The van der Waals surface area contributed by atoms with Crippen molar-refractivity contribution >= 4 is 29.0 Å². The average Bonchev–Trinajstić information content (AvgIpc) is 3.15. The number of tetrazole rings is 1. The maximum atomic E-state index is 12.3. The summed E-state index contributed by atoms with van der Waals surface area (Å²) >= 11 is 1.15. The van der Waals surface area contributed by atoms with Crippen LogP contribution in [0.3, 0.4) is 0 Å². The highest BCUT2D eigenvalue weighted by Crippen LogP contribution is 2.26. The zero-order valence-corrected chi connectivity index (χ0v) is 16.5. The molecule has 3 rings (SSSR count). The monoisotopic (exact) mass is 414 g/mol. The molecular formula is C18H18N6O4S. The van der Waals surface area contributed by atoms with Gasteiger partial charge < -0.3 is 10.1 Å². The van der Waals surface area contributed by atoms with Gasteiger partial charge in [0.15, 0.2) is 0 Å². The fourth-order valence-corrected chi connectivity index (χ4v) is 3.19. The molecule has 0 saturated heterocycles. The molecule has 0 saturated carbocycles. The second-order valence-electron chi connectivity index (χ2n) is 6.08. The number of ether oxygens (including phenoxy) is 1. The van der Waals surface area contributed by atoms with E-state index in [0.29, 0.717) is 11.7 Å². The topological polar surface area (TPSA) is 125 Å². The Morgan fingerprint density at radius 3 is 2.72 bits per heavy atom. The van der Waals surface area contributed by atoms with Crippen LogP contribution in [0.4, 0.5) is 11.4 Å². The third kappa shape index (κ3) is 5.29. The minimum Gasteiger partial charge on any atom is -0.497 e. The van der Waals surface area contributed by atoms with Crippen LogP contribution >= 0.6 is 11.8 Å². The summed E-state index contributed by atoms with van der Waals surface area (Å²) in [6.07, 6.45) is 0. The van der Waals surface area contributed by atoms with Gasteiger partial charge in [0.05, 0.1) is 24.3 Å². The van der Waals surface area contributed by atoms with Crippen molar-refractivity contribution in [1.29, 1.82) is 0 Å². The number of hydrogen-bond donors (Lipinski definition) is 1. The number of aryl methyl sites for hydroxylation is 1. The fourth-order valence-electron chi connectivity index (χ4n) is 2.52. The number of carbonyl (C=O) groups excluding carboxylic acids is 1. The molecule has 0 unspecified atom stereocenters. The standard InChI is InChI=1S/C18H18N6O4S/c1-12-3-8-15(16(9-12)24(26)27)19-17(25)11-29-18-20-21-22-23(18)10-13-4-6-14(28-2)7-5-13/h3-9H,10-11H2,1-2H3,(H,19,25). The number of benzene rings is 2. The second kappa shape index (κ2) is 9.15. The summed E-state index contributed by atoms with van der Waals surface area (Å²) in [6, 6.07) is 12.1. The minimum absolute atomic E-state index is 0.00795. The lowest BCUT2D eigenvalue weighted by atomic mass is 10.2. The molecule has 1 amide bonds. The highest BCUT2D eigenvalue weighted by Gasteiger charge is 2.17. The molecule has 0 aliphatic heterocycles. The molecule has 0 spiro atoms. The molecule has 0 aliphatic rings.